The van der Waals surface area contributed by atoms with E-state index in [2.05, 4.69) is 12.2 Å². The van der Waals surface area contributed by atoms with Gasteiger partial charge < -0.3 is 0 Å². The average molecular weight is 373 g/mol. The first-order chi connectivity index (χ1) is 13.0. The molecule has 0 aliphatic heterocycles. The van der Waals surface area contributed by atoms with Crippen molar-refractivity contribution < 1.29 is 13.2 Å². The first-order valence-electron chi connectivity index (χ1n) is 9.96. The Morgan fingerprint density at radius 2 is 1.41 bits per heavy atom. The van der Waals surface area contributed by atoms with Crippen molar-refractivity contribution in [2.45, 2.75) is 57.3 Å². The van der Waals surface area contributed by atoms with Crippen LogP contribution in [0.4, 0.5) is 13.2 Å². The van der Waals surface area contributed by atoms with Crippen LogP contribution in [0.2, 0.25) is 0 Å². The Hall–Kier alpha value is -2.02. The van der Waals surface area contributed by atoms with Gasteiger partial charge in [-0.25, -0.2) is 8.78 Å². The third-order valence-corrected chi connectivity index (χ3v) is 6.15. The fourth-order valence-electron chi connectivity index (χ4n) is 4.47. The van der Waals surface area contributed by atoms with Gasteiger partial charge in [0.25, 0.3) is 0 Å². The molecule has 0 unspecified atom stereocenters. The summed E-state index contributed by atoms with van der Waals surface area (Å²) in [6.07, 6.45) is 14.2. The summed E-state index contributed by atoms with van der Waals surface area (Å²) in [7, 11) is 0. The van der Waals surface area contributed by atoms with Crippen molar-refractivity contribution in [3.63, 3.8) is 0 Å². The topological polar surface area (TPSA) is 23.8 Å². The zero-order valence-corrected chi connectivity index (χ0v) is 15.5. The molecule has 3 rings (SSSR count). The summed E-state index contributed by atoms with van der Waals surface area (Å²) in [6, 6.07) is 5.84. The Morgan fingerprint density at radius 1 is 0.852 bits per heavy atom. The van der Waals surface area contributed by atoms with E-state index in [1.54, 1.807) is 12.1 Å². The SMILES string of the molecule is N#CC(F)=C[C@H]1CC[C@H](/C=C/[C@H]2CC[C@H](c3ccc(F)c(F)c3)CC2)CC1. The van der Waals surface area contributed by atoms with E-state index in [1.165, 1.54) is 18.2 Å². The molecule has 0 saturated heterocycles. The van der Waals surface area contributed by atoms with Crippen LogP contribution >= 0.6 is 0 Å². The van der Waals surface area contributed by atoms with Gasteiger partial charge in [0.15, 0.2) is 17.5 Å². The molecule has 0 heterocycles. The average Bonchev–Trinajstić information content (AvgIpc) is 2.70. The highest BCUT2D eigenvalue weighted by Crippen LogP contribution is 2.37. The van der Waals surface area contributed by atoms with E-state index in [0.29, 0.717) is 17.8 Å². The first kappa shape index (κ1) is 19.7. The fourth-order valence-corrected chi connectivity index (χ4v) is 4.47. The quantitative estimate of drug-likeness (QED) is 0.413. The molecule has 1 aromatic carbocycles. The summed E-state index contributed by atoms with van der Waals surface area (Å²) in [6.45, 7) is 0. The summed E-state index contributed by atoms with van der Waals surface area (Å²) < 4.78 is 39.6. The maximum atomic E-state index is 13.4. The molecule has 0 spiro atoms. The smallest absolute Gasteiger partial charge is 0.196 e. The number of rotatable bonds is 4. The van der Waals surface area contributed by atoms with Gasteiger partial charge in [-0.05, 0) is 98.8 Å². The van der Waals surface area contributed by atoms with Gasteiger partial charge in [-0.3, -0.25) is 0 Å². The van der Waals surface area contributed by atoms with Gasteiger partial charge >= 0.3 is 0 Å². The van der Waals surface area contributed by atoms with Crippen LogP contribution in [0.5, 0.6) is 0 Å². The predicted molar refractivity (Wildman–Crippen MR) is 100 cm³/mol. The second kappa shape index (κ2) is 9.26. The molecule has 0 amide bonds. The highest BCUT2D eigenvalue weighted by molar-refractivity contribution is 5.22. The summed E-state index contributed by atoms with van der Waals surface area (Å²) in [5.41, 5.74) is 0.910. The zero-order valence-electron chi connectivity index (χ0n) is 15.5. The van der Waals surface area contributed by atoms with E-state index in [-0.39, 0.29) is 5.92 Å². The molecule has 2 saturated carbocycles. The second-order valence-corrected chi connectivity index (χ2v) is 7.97. The number of hydrogen-bond acceptors (Lipinski definition) is 1. The minimum Gasteiger partial charge on any atom is -0.204 e. The van der Waals surface area contributed by atoms with E-state index >= 15 is 0 Å². The van der Waals surface area contributed by atoms with Gasteiger partial charge in [0, 0.05) is 0 Å². The molecule has 1 nitrogen and oxygen atoms in total. The standard InChI is InChI=1S/C23H26F3N/c24-21(15-27)13-18-5-3-16(4-6-18)1-2-17-7-9-19(10-8-17)20-11-12-22(25)23(26)14-20/h1-2,11-14,16-19H,3-10H2/b2-1+,21-13?/t16-,17-,18-,19-. The largest absolute Gasteiger partial charge is 0.204 e. The molecule has 0 bridgehead atoms. The molecule has 0 atom stereocenters. The van der Waals surface area contributed by atoms with E-state index in [1.807, 2.05) is 0 Å². The summed E-state index contributed by atoms with van der Waals surface area (Å²) in [5, 5.41) is 8.52. The number of benzene rings is 1. The number of allylic oxidation sites excluding steroid dienone is 4. The molecule has 0 radical (unpaired) electrons. The highest BCUT2D eigenvalue weighted by Gasteiger charge is 2.23. The van der Waals surface area contributed by atoms with Crippen molar-refractivity contribution in [3.05, 3.63) is 59.5 Å². The van der Waals surface area contributed by atoms with Crippen LogP contribution < -0.4 is 0 Å². The Kier molecular flexibility index (Phi) is 6.77. The molecule has 0 aromatic heterocycles. The molecule has 144 valence electrons. The van der Waals surface area contributed by atoms with Crippen molar-refractivity contribution in [3.8, 4) is 6.07 Å². The van der Waals surface area contributed by atoms with Crippen molar-refractivity contribution in [1.82, 2.24) is 0 Å². The first-order valence-corrected chi connectivity index (χ1v) is 9.96. The lowest BCUT2D eigenvalue weighted by Gasteiger charge is -2.28. The monoisotopic (exact) mass is 373 g/mol. The van der Waals surface area contributed by atoms with E-state index in [4.69, 9.17) is 5.26 Å². The number of nitrogens with zero attached hydrogens (tertiary/aromatic N) is 1. The van der Waals surface area contributed by atoms with Crippen molar-refractivity contribution in [2.24, 2.45) is 17.8 Å². The van der Waals surface area contributed by atoms with Gasteiger partial charge in [-0.15, -0.1) is 0 Å². The molecule has 2 aliphatic carbocycles. The van der Waals surface area contributed by atoms with Crippen molar-refractivity contribution in [1.29, 1.82) is 5.26 Å². The Bertz CT molecular complexity index is 730. The molecule has 0 N–H and O–H groups in total. The number of halogens is 3. The minimum atomic E-state index is -0.782. The Balaban J connectivity index is 1.44. The molecule has 2 fully saturated rings. The third-order valence-electron chi connectivity index (χ3n) is 6.15. The summed E-state index contributed by atoms with van der Waals surface area (Å²) >= 11 is 0. The van der Waals surface area contributed by atoms with Gasteiger partial charge in [0.2, 0.25) is 0 Å². The van der Waals surface area contributed by atoms with Crippen LogP contribution in [0.1, 0.15) is 62.8 Å². The Labute approximate surface area is 159 Å². The number of nitriles is 1. The maximum absolute atomic E-state index is 13.4. The second-order valence-electron chi connectivity index (χ2n) is 7.97. The lowest BCUT2D eigenvalue weighted by molar-refractivity contribution is 0.346. The zero-order chi connectivity index (χ0) is 19.2. The fraction of sp³-hybridized carbons (Fsp3) is 0.522. The van der Waals surface area contributed by atoms with Gasteiger partial charge in [0.1, 0.15) is 6.07 Å². The van der Waals surface area contributed by atoms with Crippen LogP contribution in [0.3, 0.4) is 0 Å². The van der Waals surface area contributed by atoms with Crippen LogP contribution in [-0.2, 0) is 0 Å². The molecule has 1 aromatic rings. The van der Waals surface area contributed by atoms with Gasteiger partial charge in [-0.1, -0.05) is 18.2 Å². The molecule has 27 heavy (non-hydrogen) atoms. The molecule has 2 aliphatic rings. The lowest BCUT2D eigenvalue weighted by atomic mass is 9.77. The van der Waals surface area contributed by atoms with E-state index in [0.717, 1.165) is 56.9 Å². The lowest BCUT2D eigenvalue weighted by Crippen LogP contribution is -2.14. The van der Waals surface area contributed by atoms with Crippen LogP contribution in [0, 0.1) is 40.7 Å². The van der Waals surface area contributed by atoms with Crippen molar-refractivity contribution >= 4 is 0 Å². The maximum Gasteiger partial charge on any atom is 0.196 e. The summed E-state index contributed by atoms with van der Waals surface area (Å²) in [5.74, 6) is -0.580. The third kappa shape index (κ3) is 5.48. The summed E-state index contributed by atoms with van der Waals surface area (Å²) in [4.78, 5) is 0. The van der Waals surface area contributed by atoms with Crippen molar-refractivity contribution in [2.75, 3.05) is 0 Å². The normalized spacial score (nSPS) is 29.6. The molecule has 4 heteroatoms. The number of hydrogen-bond donors (Lipinski definition) is 0. The molecular weight excluding hydrogens is 347 g/mol. The Morgan fingerprint density at radius 3 is 1.96 bits per heavy atom. The van der Waals surface area contributed by atoms with E-state index < -0.39 is 17.5 Å². The van der Waals surface area contributed by atoms with Crippen LogP contribution in [0.25, 0.3) is 0 Å². The molecular formula is C23H26F3N. The predicted octanol–water partition coefficient (Wildman–Crippen LogP) is 6.98. The van der Waals surface area contributed by atoms with Gasteiger partial charge in [-0.2, -0.15) is 9.65 Å². The van der Waals surface area contributed by atoms with Gasteiger partial charge in [0.05, 0.1) is 0 Å². The van der Waals surface area contributed by atoms with E-state index in [9.17, 15) is 13.2 Å². The minimum absolute atomic E-state index is 0.195. The van der Waals surface area contributed by atoms with Crippen LogP contribution in [-0.4, -0.2) is 0 Å². The highest BCUT2D eigenvalue weighted by atomic mass is 19.2. The van der Waals surface area contributed by atoms with Crippen LogP contribution in [0.15, 0.2) is 42.3 Å².